The van der Waals surface area contributed by atoms with E-state index in [1.165, 1.54) is 5.56 Å². The molecule has 3 heteroatoms. The van der Waals surface area contributed by atoms with Gasteiger partial charge in [0.15, 0.2) is 0 Å². The number of aryl methyl sites for hydroxylation is 1. The lowest BCUT2D eigenvalue weighted by Crippen LogP contribution is -2.31. The van der Waals surface area contributed by atoms with Crippen LogP contribution >= 0.6 is 11.3 Å². The number of hydrogen-bond acceptors (Lipinski definition) is 3. The molecule has 16 heavy (non-hydrogen) atoms. The Morgan fingerprint density at radius 2 is 2.50 bits per heavy atom. The average Bonchev–Trinajstić information content (AvgIpc) is 3.02. The Bertz CT molecular complexity index is 408. The van der Waals surface area contributed by atoms with Crippen LogP contribution in [0.1, 0.15) is 31.2 Å². The van der Waals surface area contributed by atoms with Gasteiger partial charge in [-0.15, -0.1) is 0 Å². The second kappa shape index (κ2) is 3.87. The summed E-state index contributed by atoms with van der Waals surface area (Å²) in [5.74, 6) is 0. The SMILES string of the molecule is N#CC1(CCc2ccsc2)CC2CCC1O2. The maximum absolute atomic E-state index is 9.44. The van der Waals surface area contributed by atoms with Gasteiger partial charge < -0.3 is 4.74 Å². The molecule has 0 N–H and O–H groups in total. The fraction of sp³-hybridized carbons (Fsp3) is 0.615. The van der Waals surface area contributed by atoms with Gasteiger partial charge in [-0.1, -0.05) is 0 Å². The molecule has 2 fully saturated rings. The highest BCUT2D eigenvalue weighted by Gasteiger charge is 2.52. The summed E-state index contributed by atoms with van der Waals surface area (Å²) in [7, 11) is 0. The van der Waals surface area contributed by atoms with Gasteiger partial charge in [-0.2, -0.15) is 16.6 Å². The van der Waals surface area contributed by atoms with E-state index in [1.54, 1.807) is 11.3 Å². The molecule has 2 nitrogen and oxygen atoms in total. The number of nitriles is 1. The molecule has 1 aromatic rings. The van der Waals surface area contributed by atoms with Gasteiger partial charge in [0.05, 0.1) is 23.7 Å². The molecule has 2 saturated heterocycles. The first kappa shape index (κ1) is 10.3. The molecule has 1 aromatic heterocycles. The standard InChI is InChI=1S/C13H15NOS/c14-9-13(5-3-10-4-6-16-8-10)7-11-1-2-12(13)15-11/h4,6,8,11-12H,1-3,5,7H2. The lowest BCUT2D eigenvalue weighted by Gasteiger charge is -2.27. The van der Waals surface area contributed by atoms with Crippen molar-refractivity contribution in [1.29, 1.82) is 5.26 Å². The van der Waals surface area contributed by atoms with Gasteiger partial charge in [0.1, 0.15) is 0 Å². The van der Waals surface area contributed by atoms with Crippen molar-refractivity contribution in [2.75, 3.05) is 0 Å². The fourth-order valence-electron chi connectivity index (χ4n) is 3.04. The van der Waals surface area contributed by atoms with Crippen molar-refractivity contribution >= 4 is 11.3 Å². The molecule has 2 aliphatic heterocycles. The zero-order chi connectivity index (χ0) is 11.0. The Morgan fingerprint density at radius 3 is 3.06 bits per heavy atom. The number of hydrogen-bond donors (Lipinski definition) is 0. The molecule has 0 aliphatic carbocycles. The first-order chi connectivity index (χ1) is 7.82. The van der Waals surface area contributed by atoms with Crippen LogP contribution in [0.5, 0.6) is 0 Å². The summed E-state index contributed by atoms with van der Waals surface area (Å²) in [5, 5.41) is 13.7. The zero-order valence-electron chi connectivity index (χ0n) is 9.19. The number of thiophene rings is 1. The highest BCUT2D eigenvalue weighted by atomic mass is 32.1. The quantitative estimate of drug-likeness (QED) is 0.803. The van der Waals surface area contributed by atoms with Crippen LogP contribution in [0.4, 0.5) is 0 Å². The minimum atomic E-state index is -0.190. The highest BCUT2D eigenvalue weighted by molar-refractivity contribution is 7.07. The number of fused-ring (bicyclic) bond motifs is 2. The van der Waals surface area contributed by atoms with Crippen LogP contribution in [0.2, 0.25) is 0 Å². The predicted octanol–water partition coefficient (Wildman–Crippen LogP) is 3.14. The van der Waals surface area contributed by atoms with E-state index in [-0.39, 0.29) is 11.5 Å². The van der Waals surface area contributed by atoms with Crippen LogP contribution in [0.3, 0.4) is 0 Å². The lowest BCUT2D eigenvalue weighted by molar-refractivity contribution is 0.0764. The van der Waals surface area contributed by atoms with Gasteiger partial charge in [-0.25, -0.2) is 0 Å². The summed E-state index contributed by atoms with van der Waals surface area (Å²) in [6.45, 7) is 0. The normalized spacial score (nSPS) is 36.4. The Labute approximate surface area is 99.9 Å². The third-order valence-electron chi connectivity index (χ3n) is 3.98. The Kier molecular flexibility index (Phi) is 2.49. The molecule has 3 heterocycles. The summed E-state index contributed by atoms with van der Waals surface area (Å²) in [4.78, 5) is 0. The molecule has 3 atom stereocenters. The van der Waals surface area contributed by atoms with E-state index in [9.17, 15) is 5.26 Å². The largest absolute Gasteiger partial charge is 0.373 e. The van der Waals surface area contributed by atoms with E-state index in [1.807, 2.05) is 0 Å². The van der Waals surface area contributed by atoms with Crippen molar-refractivity contribution in [1.82, 2.24) is 0 Å². The molecule has 3 rings (SSSR count). The van der Waals surface area contributed by atoms with Crippen LogP contribution < -0.4 is 0 Å². The van der Waals surface area contributed by atoms with Crippen LogP contribution in [0.25, 0.3) is 0 Å². The van der Waals surface area contributed by atoms with Gasteiger partial charge in [0, 0.05) is 0 Å². The molecule has 2 aliphatic rings. The maximum atomic E-state index is 9.44. The van der Waals surface area contributed by atoms with E-state index in [4.69, 9.17) is 4.74 Å². The van der Waals surface area contributed by atoms with Crippen molar-refractivity contribution in [3.05, 3.63) is 22.4 Å². The maximum Gasteiger partial charge on any atom is 0.0862 e. The molecule has 84 valence electrons. The number of nitrogens with zero attached hydrogens (tertiary/aromatic N) is 1. The van der Waals surface area contributed by atoms with Crippen molar-refractivity contribution < 1.29 is 4.74 Å². The van der Waals surface area contributed by atoms with Gasteiger partial charge in [-0.05, 0) is 54.5 Å². The van der Waals surface area contributed by atoms with Crippen LogP contribution in [-0.4, -0.2) is 12.2 Å². The summed E-state index contributed by atoms with van der Waals surface area (Å²) in [5.41, 5.74) is 1.17. The van der Waals surface area contributed by atoms with Crippen LogP contribution in [0, 0.1) is 16.7 Å². The molecule has 3 unspecified atom stereocenters. The third kappa shape index (κ3) is 1.57. The molecule has 2 bridgehead atoms. The number of ether oxygens (including phenoxy) is 1. The number of rotatable bonds is 3. The Balaban J connectivity index is 1.70. The van der Waals surface area contributed by atoms with Crippen molar-refractivity contribution in [3.8, 4) is 6.07 Å². The van der Waals surface area contributed by atoms with E-state index in [0.717, 1.165) is 32.1 Å². The van der Waals surface area contributed by atoms with E-state index >= 15 is 0 Å². The molecule has 0 radical (unpaired) electrons. The minimum Gasteiger partial charge on any atom is -0.373 e. The van der Waals surface area contributed by atoms with Crippen molar-refractivity contribution in [2.24, 2.45) is 5.41 Å². The van der Waals surface area contributed by atoms with Crippen molar-refractivity contribution in [2.45, 2.75) is 44.3 Å². The summed E-state index contributed by atoms with van der Waals surface area (Å²) in [6.07, 6.45) is 5.76. The molecular formula is C13H15NOS. The van der Waals surface area contributed by atoms with E-state index in [2.05, 4.69) is 22.9 Å². The second-order valence-corrected chi connectivity index (χ2v) is 5.71. The molecule has 0 amide bonds. The van der Waals surface area contributed by atoms with E-state index in [0.29, 0.717) is 6.10 Å². The third-order valence-corrected chi connectivity index (χ3v) is 4.71. The van der Waals surface area contributed by atoms with Gasteiger partial charge in [0.25, 0.3) is 0 Å². The zero-order valence-corrected chi connectivity index (χ0v) is 10.0. The Morgan fingerprint density at radius 1 is 1.56 bits per heavy atom. The Hall–Kier alpha value is -0.850. The topological polar surface area (TPSA) is 33.0 Å². The molecule has 0 aromatic carbocycles. The minimum absolute atomic E-state index is 0.190. The first-order valence-electron chi connectivity index (χ1n) is 5.90. The van der Waals surface area contributed by atoms with Crippen molar-refractivity contribution in [3.63, 3.8) is 0 Å². The summed E-state index contributed by atoms with van der Waals surface area (Å²) >= 11 is 1.73. The average molecular weight is 233 g/mol. The van der Waals surface area contributed by atoms with Crippen LogP contribution in [0.15, 0.2) is 16.8 Å². The van der Waals surface area contributed by atoms with Gasteiger partial charge in [0.2, 0.25) is 0 Å². The summed E-state index contributed by atoms with van der Waals surface area (Å²) < 4.78 is 5.83. The summed E-state index contributed by atoms with van der Waals surface area (Å²) in [6, 6.07) is 4.71. The lowest BCUT2D eigenvalue weighted by atomic mass is 9.72. The van der Waals surface area contributed by atoms with Crippen LogP contribution in [-0.2, 0) is 11.2 Å². The molecule has 0 spiro atoms. The smallest absolute Gasteiger partial charge is 0.0862 e. The van der Waals surface area contributed by atoms with Gasteiger partial charge in [-0.3, -0.25) is 0 Å². The predicted molar refractivity (Wildman–Crippen MR) is 63.2 cm³/mol. The molecule has 0 saturated carbocycles. The second-order valence-electron chi connectivity index (χ2n) is 4.93. The fourth-order valence-corrected chi connectivity index (χ4v) is 3.74. The molecular weight excluding hydrogens is 218 g/mol. The first-order valence-corrected chi connectivity index (χ1v) is 6.84. The van der Waals surface area contributed by atoms with Gasteiger partial charge >= 0.3 is 0 Å². The monoisotopic (exact) mass is 233 g/mol. The van der Waals surface area contributed by atoms with E-state index < -0.39 is 0 Å². The highest BCUT2D eigenvalue weighted by Crippen LogP contribution is 2.49.